The number of halogens is 1. The molecule has 0 radical (unpaired) electrons. The van der Waals surface area contributed by atoms with Crippen LogP contribution in [0.4, 0.5) is 0 Å². The van der Waals surface area contributed by atoms with Crippen molar-refractivity contribution in [2.45, 2.75) is 18.3 Å². The van der Waals surface area contributed by atoms with E-state index in [2.05, 4.69) is 15.5 Å². The fourth-order valence-corrected chi connectivity index (χ4v) is 2.10. The Morgan fingerprint density at radius 3 is 2.75 bits per heavy atom. The van der Waals surface area contributed by atoms with Gasteiger partial charge in [-0.05, 0) is 17.7 Å². The van der Waals surface area contributed by atoms with Crippen LogP contribution in [0, 0.1) is 0 Å². The van der Waals surface area contributed by atoms with Gasteiger partial charge in [-0.3, -0.25) is 4.79 Å². The standard InChI is InChI=1S/C12H13ClN4O2S/c13-9-3-1-8(2-4-9)6-15-10(18)7-20-12-17-16-11(5-14)19-12/h1-4H,5-7,14H2,(H,15,18). The van der Waals surface area contributed by atoms with E-state index in [0.717, 1.165) is 5.56 Å². The predicted molar refractivity (Wildman–Crippen MR) is 76.2 cm³/mol. The zero-order valence-corrected chi connectivity index (χ0v) is 12.1. The molecule has 2 aromatic rings. The molecule has 3 N–H and O–H groups in total. The predicted octanol–water partition coefficient (Wildman–Crippen LogP) is 1.59. The molecule has 2 rings (SSSR count). The molecule has 0 aliphatic carbocycles. The molecule has 0 saturated carbocycles. The average molecular weight is 313 g/mol. The maximum absolute atomic E-state index is 11.7. The van der Waals surface area contributed by atoms with E-state index >= 15 is 0 Å². The Kier molecular flexibility index (Phi) is 5.40. The first-order chi connectivity index (χ1) is 9.67. The number of rotatable bonds is 6. The number of carbonyl (C=O) groups is 1. The van der Waals surface area contributed by atoms with Crippen LogP contribution in [-0.2, 0) is 17.9 Å². The van der Waals surface area contributed by atoms with Gasteiger partial charge in [0.05, 0.1) is 12.3 Å². The number of nitrogens with zero attached hydrogens (tertiary/aromatic N) is 2. The number of thioether (sulfide) groups is 1. The minimum absolute atomic E-state index is 0.113. The molecule has 1 heterocycles. The van der Waals surface area contributed by atoms with E-state index in [-0.39, 0.29) is 18.2 Å². The molecular weight excluding hydrogens is 300 g/mol. The van der Waals surface area contributed by atoms with E-state index in [1.54, 1.807) is 12.1 Å². The van der Waals surface area contributed by atoms with Crippen LogP contribution in [0.15, 0.2) is 33.9 Å². The fraction of sp³-hybridized carbons (Fsp3) is 0.250. The van der Waals surface area contributed by atoms with Gasteiger partial charge in [-0.15, -0.1) is 10.2 Å². The smallest absolute Gasteiger partial charge is 0.277 e. The van der Waals surface area contributed by atoms with Gasteiger partial charge in [0.15, 0.2) is 0 Å². The number of amides is 1. The molecule has 1 aromatic heterocycles. The number of nitrogens with two attached hydrogens (primary N) is 1. The van der Waals surface area contributed by atoms with E-state index in [1.807, 2.05) is 12.1 Å². The Bertz CT molecular complexity index is 573. The largest absolute Gasteiger partial charge is 0.415 e. The molecule has 6 nitrogen and oxygen atoms in total. The number of hydrogen-bond donors (Lipinski definition) is 2. The molecule has 0 spiro atoms. The second-order valence-electron chi connectivity index (χ2n) is 3.86. The van der Waals surface area contributed by atoms with E-state index in [9.17, 15) is 4.79 Å². The van der Waals surface area contributed by atoms with E-state index in [0.29, 0.717) is 22.7 Å². The summed E-state index contributed by atoms with van der Waals surface area (Å²) in [5.41, 5.74) is 6.33. The van der Waals surface area contributed by atoms with Crippen molar-refractivity contribution < 1.29 is 9.21 Å². The quantitative estimate of drug-likeness (QED) is 0.787. The Labute approximate surface area is 125 Å². The maximum atomic E-state index is 11.7. The van der Waals surface area contributed by atoms with Crippen molar-refractivity contribution in [3.8, 4) is 0 Å². The lowest BCUT2D eigenvalue weighted by molar-refractivity contribution is -0.118. The van der Waals surface area contributed by atoms with Crippen molar-refractivity contribution >= 4 is 29.3 Å². The minimum atomic E-state index is -0.113. The van der Waals surface area contributed by atoms with Gasteiger partial charge in [0.2, 0.25) is 11.8 Å². The zero-order chi connectivity index (χ0) is 14.4. The van der Waals surface area contributed by atoms with Crippen LogP contribution >= 0.6 is 23.4 Å². The fourth-order valence-electron chi connectivity index (χ4n) is 1.36. The highest BCUT2D eigenvalue weighted by Crippen LogP contribution is 2.15. The first kappa shape index (κ1) is 14.8. The van der Waals surface area contributed by atoms with Crippen LogP contribution < -0.4 is 11.1 Å². The van der Waals surface area contributed by atoms with Crippen LogP contribution in [0.3, 0.4) is 0 Å². The minimum Gasteiger partial charge on any atom is -0.415 e. The van der Waals surface area contributed by atoms with Crippen molar-refractivity contribution in [2.75, 3.05) is 5.75 Å². The second kappa shape index (κ2) is 7.28. The van der Waals surface area contributed by atoms with Crippen LogP contribution in [0.25, 0.3) is 0 Å². The lowest BCUT2D eigenvalue weighted by Gasteiger charge is -2.04. The summed E-state index contributed by atoms with van der Waals surface area (Å²) >= 11 is 6.96. The summed E-state index contributed by atoms with van der Waals surface area (Å²) in [5, 5.41) is 11.3. The number of carbonyl (C=O) groups excluding carboxylic acids is 1. The van der Waals surface area contributed by atoms with Gasteiger partial charge in [-0.2, -0.15) is 0 Å². The average Bonchev–Trinajstić information content (AvgIpc) is 2.92. The summed E-state index contributed by atoms with van der Waals surface area (Å²) in [6.07, 6.45) is 0. The van der Waals surface area contributed by atoms with Crippen molar-refractivity contribution in [3.05, 3.63) is 40.7 Å². The van der Waals surface area contributed by atoms with E-state index in [4.69, 9.17) is 21.8 Å². The highest BCUT2D eigenvalue weighted by Gasteiger charge is 2.08. The van der Waals surface area contributed by atoms with Gasteiger partial charge >= 0.3 is 0 Å². The third kappa shape index (κ3) is 4.52. The van der Waals surface area contributed by atoms with Gasteiger partial charge in [0.25, 0.3) is 5.22 Å². The molecular formula is C12H13ClN4O2S. The first-order valence-electron chi connectivity index (χ1n) is 5.84. The molecule has 0 aliphatic rings. The number of hydrogen-bond acceptors (Lipinski definition) is 6. The van der Waals surface area contributed by atoms with Crippen LogP contribution in [0.2, 0.25) is 5.02 Å². The van der Waals surface area contributed by atoms with Crippen molar-refractivity contribution in [3.63, 3.8) is 0 Å². The normalized spacial score (nSPS) is 10.5. The Balaban J connectivity index is 1.74. The molecule has 1 aromatic carbocycles. The highest BCUT2D eigenvalue weighted by atomic mass is 35.5. The van der Waals surface area contributed by atoms with E-state index < -0.39 is 0 Å². The van der Waals surface area contributed by atoms with Gasteiger partial charge in [-0.1, -0.05) is 35.5 Å². The van der Waals surface area contributed by atoms with E-state index in [1.165, 1.54) is 11.8 Å². The second-order valence-corrected chi connectivity index (χ2v) is 5.22. The molecule has 106 valence electrons. The summed E-state index contributed by atoms with van der Waals surface area (Å²) in [7, 11) is 0. The lowest BCUT2D eigenvalue weighted by atomic mass is 10.2. The Morgan fingerprint density at radius 1 is 1.35 bits per heavy atom. The monoisotopic (exact) mass is 312 g/mol. The van der Waals surface area contributed by atoms with Crippen LogP contribution in [-0.4, -0.2) is 21.9 Å². The summed E-state index contributed by atoms with van der Waals surface area (Å²) in [4.78, 5) is 11.7. The molecule has 1 amide bonds. The Morgan fingerprint density at radius 2 is 2.10 bits per heavy atom. The molecule has 0 aliphatic heterocycles. The van der Waals surface area contributed by atoms with Gasteiger partial charge in [-0.25, -0.2) is 0 Å². The summed E-state index contributed by atoms with van der Waals surface area (Å²) in [6.45, 7) is 0.644. The van der Waals surface area contributed by atoms with Gasteiger partial charge < -0.3 is 15.5 Å². The molecule has 0 unspecified atom stereocenters. The zero-order valence-electron chi connectivity index (χ0n) is 10.5. The summed E-state index contributed by atoms with van der Waals surface area (Å²) < 4.78 is 5.18. The highest BCUT2D eigenvalue weighted by molar-refractivity contribution is 7.99. The first-order valence-corrected chi connectivity index (χ1v) is 7.20. The topological polar surface area (TPSA) is 94.0 Å². The van der Waals surface area contributed by atoms with Crippen LogP contribution in [0.5, 0.6) is 0 Å². The van der Waals surface area contributed by atoms with Crippen molar-refractivity contribution in [1.29, 1.82) is 0 Å². The summed E-state index contributed by atoms with van der Waals surface area (Å²) in [5.74, 6) is 0.450. The number of aromatic nitrogens is 2. The molecule has 0 saturated heterocycles. The third-order valence-electron chi connectivity index (χ3n) is 2.35. The molecule has 20 heavy (non-hydrogen) atoms. The van der Waals surface area contributed by atoms with Gasteiger partial charge in [0, 0.05) is 11.6 Å². The van der Waals surface area contributed by atoms with Crippen molar-refractivity contribution in [2.24, 2.45) is 5.73 Å². The van der Waals surface area contributed by atoms with Crippen LogP contribution in [0.1, 0.15) is 11.5 Å². The molecule has 8 heteroatoms. The van der Waals surface area contributed by atoms with Crippen molar-refractivity contribution in [1.82, 2.24) is 15.5 Å². The number of benzene rings is 1. The molecule has 0 atom stereocenters. The maximum Gasteiger partial charge on any atom is 0.277 e. The third-order valence-corrected chi connectivity index (χ3v) is 3.42. The van der Waals surface area contributed by atoms with Gasteiger partial charge in [0.1, 0.15) is 0 Å². The SMILES string of the molecule is NCc1nnc(SCC(=O)NCc2ccc(Cl)cc2)o1. The number of nitrogens with one attached hydrogen (secondary N) is 1. The Hall–Kier alpha value is -1.57. The summed E-state index contributed by atoms with van der Waals surface area (Å²) in [6, 6.07) is 7.29. The lowest BCUT2D eigenvalue weighted by Crippen LogP contribution is -2.24. The molecule has 0 fully saturated rings. The molecule has 0 bridgehead atoms.